The van der Waals surface area contributed by atoms with E-state index < -0.39 is 27.7 Å². The lowest BCUT2D eigenvalue weighted by atomic mass is 10.1. The summed E-state index contributed by atoms with van der Waals surface area (Å²) in [7, 11) is -3.56. The third-order valence-electron chi connectivity index (χ3n) is 3.40. The fourth-order valence-electron chi connectivity index (χ4n) is 2.36. The van der Waals surface area contributed by atoms with Crippen LogP contribution in [-0.2, 0) is 16.2 Å². The van der Waals surface area contributed by atoms with E-state index in [4.69, 9.17) is 0 Å². The minimum atomic E-state index is -4.52. The molecule has 9 heteroatoms. The first-order valence-corrected chi connectivity index (χ1v) is 9.71. The van der Waals surface area contributed by atoms with E-state index in [0.29, 0.717) is 0 Å². The molecule has 5 nitrogen and oxygen atoms in total. The molecule has 0 aromatic heterocycles. The SMILES string of the molecule is CC(C)CS(=O)(=O)Nc1cccc(C(=O)Nc2cccc(C(F)(F)F)c2)c1. The van der Waals surface area contributed by atoms with E-state index in [1.54, 1.807) is 13.8 Å². The minimum Gasteiger partial charge on any atom is -0.322 e. The van der Waals surface area contributed by atoms with Crippen LogP contribution < -0.4 is 10.0 Å². The summed E-state index contributed by atoms with van der Waals surface area (Å²) in [4.78, 5) is 12.3. The van der Waals surface area contributed by atoms with Gasteiger partial charge in [0.15, 0.2) is 0 Å². The minimum absolute atomic E-state index is 0.0133. The Balaban J connectivity index is 2.16. The molecule has 0 fully saturated rings. The molecule has 146 valence electrons. The lowest BCUT2D eigenvalue weighted by molar-refractivity contribution is -0.137. The zero-order valence-corrected chi connectivity index (χ0v) is 15.5. The predicted octanol–water partition coefficient (Wildman–Crippen LogP) is 4.36. The summed E-state index contributed by atoms with van der Waals surface area (Å²) < 4.78 is 64.6. The summed E-state index contributed by atoms with van der Waals surface area (Å²) in [5.74, 6) is -0.803. The van der Waals surface area contributed by atoms with Gasteiger partial charge in [-0.3, -0.25) is 9.52 Å². The molecule has 0 aliphatic carbocycles. The normalized spacial score (nSPS) is 12.1. The van der Waals surface area contributed by atoms with Gasteiger partial charge < -0.3 is 5.32 Å². The number of alkyl halides is 3. The van der Waals surface area contributed by atoms with Gasteiger partial charge in [-0.15, -0.1) is 0 Å². The summed E-state index contributed by atoms with van der Waals surface area (Å²) in [6.07, 6.45) is -4.52. The molecule has 0 saturated carbocycles. The summed E-state index contributed by atoms with van der Waals surface area (Å²) in [6, 6.07) is 9.97. The molecule has 27 heavy (non-hydrogen) atoms. The van der Waals surface area contributed by atoms with Crippen LogP contribution in [-0.4, -0.2) is 20.1 Å². The van der Waals surface area contributed by atoms with Crippen LogP contribution in [0.25, 0.3) is 0 Å². The van der Waals surface area contributed by atoms with Crippen LogP contribution in [0.15, 0.2) is 48.5 Å². The highest BCUT2D eigenvalue weighted by Crippen LogP contribution is 2.30. The topological polar surface area (TPSA) is 75.3 Å². The van der Waals surface area contributed by atoms with Crippen LogP contribution in [0, 0.1) is 5.92 Å². The number of carbonyl (C=O) groups is 1. The molecule has 0 atom stereocenters. The molecule has 1 amide bonds. The van der Waals surface area contributed by atoms with Crippen LogP contribution in [0.4, 0.5) is 24.5 Å². The zero-order valence-electron chi connectivity index (χ0n) is 14.7. The van der Waals surface area contributed by atoms with Gasteiger partial charge >= 0.3 is 6.18 Å². The predicted molar refractivity (Wildman–Crippen MR) is 98.1 cm³/mol. The van der Waals surface area contributed by atoms with Gasteiger partial charge in [-0.1, -0.05) is 26.0 Å². The zero-order chi connectivity index (χ0) is 20.2. The Labute approximate surface area is 155 Å². The van der Waals surface area contributed by atoms with Crippen molar-refractivity contribution in [3.8, 4) is 0 Å². The number of amides is 1. The van der Waals surface area contributed by atoms with Gasteiger partial charge in [-0.25, -0.2) is 8.42 Å². The van der Waals surface area contributed by atoms with Crippen molar-refractivity contribution in [2.45, 2.75) is 20.0 Å². The molecule has 0 radical (unpaired) electrons. The second-order valence-electron chi connectivity index (χ2n) is 6.39. The molecular weight excluding hydrogens is 381 g/mol. The molecule has 0 bridgehead atoms. The average Bonchev–Trinajstić information content (AvgIpc) is 2.52. The maximum absolute atomic E-state index is 12.8. The van der Waals surface area contributed by atoms with E-state index >= 15 is 0 Å². The molecule has 2 rings (SSSR count). The molecule has 2 aromatic rings. The number of hydrogen-bond donors (Lipinski definition) is 2. The largest absolute Gasteiger partial charge is 0.416 e. The lowest BCUT2D eigenvalue weighted by Crippen LogP contribution is -2.20. The van der Waals surface area contributed by atoms with Crippen LogP contribution >= 0.6 is 0 Å². The Bertz CT molecular complexity index is 925. The van der Waals surface area contributed by atoms with E-state index in [-0.39, 0.29) is 28.6 Å². The quantitative estimate of drug-likeness (QED) is 0.757. The van der Waals surface area contributed by atoms with Crippen molar-refractivity contribution in [1.29, 1.82) is 0 Å². The van der Waals surface area contributed by atoms with Gasteiger partial charge in [-0.2, -0.15) is 13.2 Å². The Morgan fingerprint density at radius 1 is 1.04 bits per heavy atom. The van der Waals surface area contributed by atoms with Crippen LogP contribution in [0.5, 0.6) is 0 Å². The highest BCUT2D eigenvalue weighted by atomic mass is 32.2. The number of halogens is 3. The Morgan fingerprint density at radius 3 is 2.30 bits per heavy atom. The van der Waals surface area contributed by atoms with E-state index in [1.807, 2.05) is 0 Å². The van der Waals surface area contributed by atoms with Gasteiger partial charge in [-0.05, 0) is 42.3 Å². The highest BCUT2D eigenvalue weighted by Gasteiger charge is 2.30. The Kier molecular flexibility index (Phi) is 6.15. The number of sulfonamides is 1. The number of carbonyl (C=O) groups excluding carboxylic acids is 1. The van der Waals surface area contributed by atoms with Gasteiger partial charge in [0.2, 0.25) is 10.0 Å². The molecule has 0 aliphatic rings. The fourth-order valence-corrected chi connectivity index (χ4v) is 3.81. The standard InChI is InChI=1S/C18H19F3N2O3S/c1-12(2)11-27(25,26)23-16-8-3-5-13(9-16)17(24)22-15-7-4-6-14(10-15)18(19,20)21/h3-10,12,23H,11H2,1-2H3,(H,22,24). The fraction of sp³-hybridized carbons (Fsp3) is 0.278. The number of anilines is 2. The van der Waals surface area contributed by atoms with Crippen molar-refractivity contribution in [2.75, 3.05) is 15.8 Å². The van der Waals surface area contributed by atoms with E-state index in [9.17, 15) is 26.4 Å². The first-order chi connectivity index (χ1) is 12.5. The van der Waals surface area contributed by atoms with Crippen LogP contribution in [0.2, 0.25) is 0 Å². The average molecular weight is 400 g/mol. The maximum Gasteiger partial charge on any atom is 0.416 e. The number of hydrogen-bond acceptors (Lipinski definition) is 3. The van der Waals surface area contributed by atoms with Crippen molar-refractivity contribution in [3.63, 3.8) is 0 Å². The van der Waals surface area contributed by atoms with Crippen molar-refractivity contribution in [3.05, 3.63) is 59.7 Å². The highest BCUT2D eigenvalue weighted by molar-refractivity contribution is 7.92. The van der Waals surface area contributed by atoms with Crippen molar-refractivity contribution in [1.82, 2.24) is 0 Å². The lowest BCUT2D eigenvalue weighted by Gasteiger charge is -2.12. The molecule has 0 aliphatic heterocycles. The third-order valence-corrected chi connectivity index (χ3v) is 5.05. The molecule has 0 unspecified atom stereocenters. The van der Waals surface area contributed by atoms with E-state index in [2.05, 4.69) is 10.0 Å². The number of rotatable bonds is 6. The van der Waals surface area contributed by atoms with Gasteiger partial charge in [0.05, 0.1) is 11.3 Å². The van der Waals surface area contributed by atoms with Crippen molar-refractivity contribution in [2.24, 2.45) is 5.92 Å². The van der Waals surface area contributed by atoms with E-state index in [1.165, 1.54) is 36.4 Å². The Morgan fingerprint density at radius 2 is 1.67 bits per heavy atom. The number of benzene rings is 2. The summed E-state index contributed by atoms with van der Waals surface area (Å²) in [5.41, 5.74) is -0.583. The van der Waals surface area contributed by atoms with Gasteiger partial charge in [0, 0.05) is 16.9 Å². The first-order valence-electron chi connectivity index (χ1n) is 8.05. The maximum atomic E-state index is 12.8. The first kappa shape index (κ1) is 20.8. The second-order valence-corrected chi connectivity index (χ2v) is 8.16. The monoisotopic (exact) mass is 400 g/mol. The molecule has 0 heterocycles. The Hall–Kier alpha value is -2.55. The summed E-state index contributed by atoms with van der Waals surface area (Å²) >= 11 is 0. The number of nitrogens with one attached hydrogen (secondary N) is 2. The smallest absolute Gasteiger partial charge is 0.322 e. The molecule has 2 aromatic carbocycles. The summed E-state index contributed by atoms with van der Waals surface area (Å²) in [5, 5.41) is 2.38. The van der Waals surface area contributed by atoms with E-state index in [0.717, 1.165) is 12.1 Å². The molecule has 0 spiro atoms. The van der Waals surface area contributed by atoms with Crippen LogP contribution in [0.1, 0.15) is 29.8 Å². The molecular formula is C18H19F3N2O3S. The van der Waals surface area contributed by atoms with Gasteiger partial charge in [0.1, 0.15) is 0 Å². The van der Waals surface area contributed by atoms with Crippen molar-refractivity contribution < 1.29 is 26.4 Å². The molecule has 0 saturated heterocycles. The molecule has 2 N–H and O–H groups in total. The van der Waals surface area contributed by atoms with Crippen LogP contribution in [0.3, 0.4) is 0 Å². The second kappa shape index (κ2) is 7.99. The van der Waals surface area contributed by atoms with Gasteiger partial charge in [0.25, 0.3) is 5.91 Å². The summed E-state index contributed by atoms with van der Waals surface area (Å²) in [6.45, 7) is 3.52. The third kappa shape index (κ3) is 6.28. The van der Waals surface area contributed by atoms with Crippen molar-refractivity contribution >= 4 is 27.3 Å².